The second-order valence-electron chi connectivity index (χ2n) is 4.58. The summed E-state index contributed by atoms with van der Waals surface area (Å²) in [7, 11) is 0. The number of halogens is 3. The normalized spacial score (nSPS) is 27.9. The van der Waals surface area contributed by atoms with Gasteiger partial charge >= 0.3 is 0 Å². The highest BCUT2D eigenvalue weighted by molar-refractivity contribution is 6.31. The summed E-state index contributed by atoms with van der Waals surface area (Å²) in [6.45, 7) is 3.84. The predicted octanol–water partition coefficient (Wildman–Crippen LogP) is 3.07. The molecule has 0 amide bonds. The largest absolute Gasteiger partial charge is 0.327 e. The van der Waals surface area contributed by atoms with Gasteiger partial charge in [-0.05, 0) is 17.5 Å². The maximum atomic E-state index is 13.5. The molecule has 0 bridgehead atoms. The summed E-state index contributed by atoms with van der Waals surface area (Å²) < 4.78 is 26.7. The molecule has 0 aliphatic heterocycles. The smallest absolute Gasteiger partial charge is 0.142 e. The van der Waals surface area contributed by atoms with E-state index in [0.717, 1.165) is 12.1 Å². The van der Waals surface area contributed by atoms with Crippen LogP contribution in [0.2, 0.25) is 5.02 Å². The average Bonchev–Trinajstić information content (AvgIpc) is 2.63. The molecule has 82 valence electrons. The molecule has 1 aromatic rings. The number of benzene rings is 1. The summed E-state index contributed by atoms with van der Waals surface area (Å²) >= 11 is 5.76. The van der Waals surface area contributed by atoms with Gasteiger partial charge in [0.05, 0.1) is 5.02 Å². The lowest BCUT2D eigenvalue weighted by Crippen LogP contribution is -2.06. The van der Waals surface area contributed by atoms with Gasteiger partial charge in [0.25, 0.3) is 0 Å². The van der Waals surface area contributed by atoms with E-state index >= 15 is 0 Å². The minimum absolute atomic E-state index is 0.138. The zero-order valence-corrected chi connectivity index (χ0v) is 9.28. The van der Waals surface area contributed by atoms with Gasteiger partial charge in [-0.15, -0.1) is 0 Å². The highest BCUT2D eigenvalue weighted by Gasteiger charge is 2.57. The van der Waals surface area contributed by atoms with Crippen LogP contribution in [0.15, 0.2) is 12.1 Å². The van der Waals surface area contributed by atoms with E-state index in [1.165, 1.54) is 0 Å². The number of rotatable bonds is 1. The van der Waals surface area contributed by atoms with Crippen molar-refractivity contribution in [2.75, 3.05) is 0 Å². The number of hydrogen-bond donors (Lipinski definition) is 1. The van der Waals surface area contributed by atoms with Gasteiger partial charge < -0.3 is 5.73 Å². The van der Waals surface area contributed by atoms with Crippen LogP contribution < -0.4 is 5.73 Å². The molecular formula is C11H12ClF2N. The summed E-state index contributed by atoms with van der Waals surface area (Å²) in [5, 5.41) is -0.138. The maximum absolute atomic E-state index is 13.5. The van der Waals surface area contributed by atoms with Gasteiger partial charge in [-0.1, -0.05) is 25.4 Å². The Labute approximate surface area is 92.2 Å². The molecule has 2 rings (SSSR count). The summed E-state index contributed by atoms with van der Waals surface area (Å²) in [6.07, 6.45) is 0. The van der Waals surface area contributed by atoms with Crippen LogP contribution in [0.3, 0.4) is 0 Å². The van der Waals surface area contributed by atoms with Crippen LogP contribution in [0.1, 0.15) is 25.3 Å². The van der Waals surface area contributed by atoms with Crippen LogP contribution in [0.25, 0.3) is 0 Å². The Morgan fingerprint density at radius 1 is 1.27 bits per heavy atom. The van der Waals surface area contributed by atoms with Gasteiger partial charge in [-0.3, -0.25) is 0 Å². The van der Waals surface area contributed by atoms with Gasteiger partial charge in [-0.25, -0.2) is 8.78 Å². The summed E-state index contributed by atoms with van der Waals surface area (Å²) in [5.74, 6) is -1.27. The van der Waals surface area contributed by atoms with Crippen LogP contribution in [0.5, 0.6) is 0 Å². The van der Waals surface area contributed by atoms with E-state index in [-0.39, 0.29) is 28.0 Å². The molecule has 15 heavy (non-hydrogen) atoms. The quantitative estimate of drug-likeness (QED) is 0.739. The lowest BCUT2D eigenvalue weighted by atomic mass is 10.0. The molecule has 1 aliphatic carbocycles. The zero-order valence-electron chi connectivity index (χ0n) is 8.52. The highest BCUT2D eigenvalue weighted by Crippen LogP contribution is 2.59. The Bertz CT molecular complexity index is 417. The first-order valence-electron chi connectivity index (χ1n) is 4.76. The minimum atomic E-state index is -0.594. The third-order valence-electron chi connectivity index (χ3n) is 3.30. The summed E-state index contributed by atoms with van der Waals surface area (Å²) in [6, 6.07) is 1.96. The van der Waals surface area contributed by atoms with Crippen LogP contribution in [-0.2, 0) is 0 Å². The first kappa shape index (κ1) is 10.8. The highest BCUT2D eigenvalue weighted by atomic mass is 35.5. The fourth-order valence-corrected chi connectivity index (χ4v) is 2.33. The van der Waals surface area contributed by atoms with Gasteiger partial charge in [0, 0.05) is 17.5 Å². The molecule has 1 fully saturated rings. The molecule has 2 unspecified atom stereocenters. The van der Waals surface area contributed by atoms with Crippen molar-refractivity contribution in [3.8, 4) is 0 Å². The van der Waals surface area contributed by atoms with Crippen LogP contribution in [0.4, 0.5) is 8.78 Å². The molecule has 0 spiro atoms. The van der Waals surface area contributed by atoms with E-state index in [2.05, 4.69) is 0 Å². The first-order valence-corrected chi connectivity index (χ1v) is 5.14. The van der Waals surface area contributed by atoms with Gasteiger partial charge in [0.1, 0.15) is 11.6 Å². The van der Waals surface area contributed by atoms with Crippen molar-refractivity contribution in [2.45, 2.75) is 25.8 Å². The van der Waals surface area contributed by atoms with Crippen LogP contribution >= 0.6 is 11.6 Å². The van der Waals surface area contributed by atoms with Crippen LogP contribution in [0, 0.1) is 17.0 Å². The number of nitrogens with two attached hydrogens (primary N) is 1. The molecule has 0 aromatic heterocycles. The molecule has 0 saturated heterocycles. The van der Waals surface area contributed by atoms with Crippen molar-refractivity contribution in [3.05, 3.63) is 34.4 Å². The van der Waals surface area contributed by atoms with E-state index in [4.69, 9.17) is 17.3 Å². The van der Waals surface area contributed by atoms with Crippen molar-refractivity contribution in [1.29, 1.82) is 0 Å². The lowest BCUT2D eigenvalue weighted by molar-refractivity contribution is 0.560. The minimum Gasteiger partial charge on any atom is -0.327 e. The van der Waals surface area contributed by atoms with Gasteiger partial charge in [0.2, 0.25) is 0 Å². The fraction of sp³-hybridized carbons (Fsp3) is 0.455. The molecule has 1 nitrogen and oxygen atoms in total. The molecule has 0 heterocycles. The molecule has 1 aliphatic rings. The standard InChI is InChI=1S/C11H12ClF2N/c1-11(2)8(10(11)15)7-5(13)3-4-6(14)9(7)12/h3-4,8,10H,15H2,1-2H3. The Morgan fingerprint density at radius 3 is 2.20 bits per heavy atom. The third kappa shape index (κ3) is 1.45. The Balaban J connectivity index is 2.51. The Kier molecular flexibility index (Phi) is 2.28. The molecule has 4 heteroatoms. The number of hydrogen-bond acceptors (Lipinski definition) is 1. The predicted molar refractivity (Wildman–Crippen MR) is 55.9 cm³/mol. The topological polar surface area (TPSA) is 26.0 Å². The van der Waals surface area contributed by atoms with E-state index < -0.39 is 11.6 Å². The molecular weight excluding hydrogens is 220 g/mol. The average molecular weight is 232 g/mol. The summed E-state index contributed by atoms with van der Waals surface area (Å²) in [4.78, 5) is 0. The Morgan fingerprint density at radius 2 is 1.73 bits per heavy atom. The van der Waals surface area contributed by atoms with E-state index in [1.54, 1.807) is 0 Å². The monoisotopic (exact) mass is 231 g/mol. The summed E-state index contributed by atoms with van der Waals surface area (Å²) in [5.41, 5.74) is 5.82. The SMILES string of the molecule is CC1(C)C(N)C1c1c(F)ccc(F)c1Cl. The van der Waals surface area contributed by atoms with Crippen molar-refractivity contribution in [1.82, 2.24) is 0 Å². The Hall–Kier alpha value is -0.670. The van der Waals surface area contributed by atoms with E-state index in [1.807, 2.05) is 13.8 Å². The van der Waals surface area contributed by atoms with Crippen molar-refractivity contribution in [2.24, 2.45) is 11.1 Å². The maximum Gasteiger partial charge on any atom is 0.142 e. The van der Waals surface area contributed by atoms with E-state index in [9.17, 15) is 8.78 Å². The molecule has 2 atom stereocenters. The molecule has 0 radical (unpaired) electrons. The van der Waals surface area contributed by atoms with Crippen molar-refractivity contribution < 1.29 is 8.78 Å². The van der Waals surface area contributed by atoms with Crippen LogP contribution in [-0.4, -0.2) is 6.04 Å². The van der Waals surface area contributed by atoms with Crippen molar-refractivity contribution in [3.63, 3.8) is 0 Å². The third-order valence-corrected chi connectivity index (χ3v) is 3.69. The van der Waals surface area contributed by atoms with Crippen molar-refractivity contribution >= 4 is 11.6 Å². The second kappa shape index (κ2) is 3.16. The second-order valence-corrected chi connectivity index (χ2v) is 4.96. The lowest BCUT2D eigenvalue weighted by Gasteiger charge is -2.07. The van der Waals surface area contributed by atoms with E-state index in [0.29, 0.717) is 0 Å². The molecule has 2 N–H and O–H groups in total. The fourth-order valence-electron chi connectivity index (χ4n) is 2.06. The van der Waals surface area contributed by atoms with Gasteiger partial charge in [0.15, 0.2) is 0 Å². The first-order chi connectivity index (χ1) is 6.87. The van der Waals surface area contributed by atoms with Gasteiger partial charge in [-0.2, -0.15) is 0 Å². The molecule has 1 saturated carbocycles. The molecule has 1 aromatic carbocycles. The zero-order chi connectivity index (χ0) is 11.4.